The highest BCUT2D eigenvalue weighted by Crippen LogP contribution is 2.30. The van der Waals surface area contributed by atoms with E-state index in [1.54, 1.807) is 25.1 Å². The van der Waals surface area contributed by atoms with Crippen LogP contribution in [0, 0.1) is 6.92 Å². The summed E-state index contributed by atoms with van der Waals surface area (Å²) in [6.07, 6.45) is 1.41. The van der Waals surface area contributed by atoms with Crippen molar-refractivity contribution in [2.24, 2.45) is 0 Å². The van der Waals surface area contributed by atoms with Gasteiger partial charge in [0.05, 0.1) is 7.11 Å². The minimum absolute atomic E-state index is 0.0144. The lowest BCUT2D eigenvalue weighted by Gasteiger charge is -2.13. The topological polar surface area (TPSA) is 76.0 Å². The smallest absolute Gasteiger partial charge is 0.347 e. The average Bonchev–Trinajstić information content (AvgIpc) is 2.45. The van der Waals surface area contributed by atoms with Crippen LogP contribution in [0.2, 0.25) is 0 Å². The molecule has 0 fully saturated rings. The van der Waals surface area contributed by atoms with Crippen LogP contribution >= 0.6 is 0 Å². The van der Waals surface area contributed by atoms with Gasteiger partial charge < -0.3 is 19.7 Å². The van der Waals surface area contributed by atoms with Crippen molar-refractivity contribution in [2.45, 2.75) is 26.7 Å². The SMILES string of the molecule is CCCc1cc(OC)cc(O)c1C(=O)Oc1cc(C)cc(O)c1. The molecule has 122 valence electrons. The lowest BCUT2D eigenvalue weighted by atomic mass is 10.0. The number of carbonyl (C=O) groups is 1. The van der Waals surface area contributed by atoms with Gasteiger partial charge in [-0.1, -0.05) is 13.3 Å². The molecular weight excluding hydrogens is 296 g/mol. The van der Waals surface area contributed by atoms with Gasteiger partial charge in [0.25, 0.3) is 0 Å². The Morgan fingerprint density at radius 2 is 1.83 bits per heavy atom. The van der Waals surface area contributed by atoms with Gasteiger partial charge in [-0.15, -0.1) is 0 Å². The number of rotatable bonds is 5. The fourth-order valence-corrected chi connectivity index (χ4v) is 2.42. The second kappa shape index (κ2) is 7.05. The van der Waals surface area contributed by atoms with Crippen molar-refractivity contribution in [2.75, 3.05) is 7.11 Å². The molecule has 0 bridgehead atoms. The van der Waals surface area contributed by atoms with E-state index in [9.17, 15) is 15.0 Å². The Labute approximate surface area is 135 Å². The van der Waals surface area contributed by atoms with Crippen molar-refractivity contribution in [1.29, 1.82) is 0 Å². The first-order valence-electron chi connectivity index (χ1n) is 7.37. The first-order chi connectivity index (χ1) is 10.9. The molecular formula is C18H20O5. The monoisotopic (exact) mass is 316 g/mol. The predicted molar refractivity (Wildman–Crippen MR) is 86.5 cm³/mol. The summed E-state index contributed by atoms with van der Waals surface area (Å²) in [5.41, 5.74) is 1.54. The van der Waals surface area contributed by atoms with Gasteiger partial charge in [0.15, 0.2) is 0 Å². The van der Waals surface area contributed by atoms with Gasteiger partial charge in [-0.2, -0.15) is 0 Å². The summed E-state index contributed by atoms with van der Waals surface area (Å²) in [5.74, 6) is -0.130. The van der Waals surface area contributed by atoms with Crippen LogP contribution in [0.3, 0.4) is 0 Å². The number of aromatic hydroxyl groups is 2. The maximum absolute atomic E-state index is 12.4. The highest BCUT2D eigenvalue weighted by atomic mass is 16.5. The number of ether oxygens (including phenoxy) is 2. The number of methoxy groups -OCH3 is 1. The van der Waals surface area contributed by atoms with E-state index in [2.05, 4.69) is 0 Å². The summed E-state index contributed by atoms with van der Waals surface area (Å²) in [5, 5.41) is 19.7. The maximum Gasteiger partial charge on any atom is 0.347 e. The molecule has 0 radical (unpaired) electrons. The minimum Gasteiger partial charge on any atom is -0.508 e. The van der Waals surface area contributed by atoms with Crippen LogP contribution in [-0.4, -0.2) is 23.3 Å². The molecule has 0 amide bonds. The Hall–Kier alpha value is -2.69. The first kappa shape index (κ1) is 16.7. The Bertz CT molecular complexity index is 701. The molecule has 0 aliphatic heterocycles. The van der Waals surface area contributed by atoms with Crippen molar-refractivity contribution >= 4 is 5.97 Å². The molecule has 0 spiro atoms. The number of hydrogen-bond donors (Lipinski definition) is 2. The van der Waals surface area contributed by atoms with Crippen molar-refractivity contribution in [3.05, 3.63) is 47.0 Å². The fourth-order valence-electron chi connectivity index (χ4n) is 2.42. The van der Waals surface area contributed by atoms with E-state index in [0.717, 1.165) is 12.0 Å². The number of phenolic OH excluding ortho intramolecular Hbond substituents is 2. The first-order valence-corrected chi connectivity index (χ1v) is 7.37. The summed E-state index contributed by atoms with van der Waals surface area (Å²) in [7, 11) is 1.50. The number of aryl methyl sites for hydroxylation is 2. The van der Waals surface area contributed by atoms with Crippen LogP contribution in [0.15, 0.2) is 30.3 Å². The number of carbonyl (C=O) groups excluding carboxylic acids is 1. The van der Waals surface area contributed by atoms with Crippen LogP contribution in [0.4, 0.5) is 0 Å². The summed E-state index contributed by atoms with van der Waals surface area (Å²) in [6, 6.07) is 7.64. The molecule has 0 unspecified atom stereocenters. The molecule has 0 aliphatic carbocycles. The van der Waals surface area contributed by atoms with Crippen LogP contribution in [0.5, 0.6) is 23.0 Å². The number of benzene rings is 2. The molecule has 2 aromatic carbocycles. The zero-order valence-electron chi connectivity index (χ0n) is 13.4. The molecule has 0 aliphatic rings. The fraction of sp³-hybridized carbons (Fsp3) is 0.278. The Kier molecular flexibility index (Phi) is 5.11. The largest absolute Gasteiger partial charge is 0.508 e. The van der Waals surface area contributed by atoms with Gasteiger partial charge in [0.2, 0.25) is 0 Å². The number of hydrogen-bond acceptors (Lipinski definition) is 5. The third kappa shape index (κ3) is 3.94. The maximum atomic E-state index is 12.4. The lowest BCUT2D eigenvalue weighted by molar-refractivity contribution is 0.0730. The standard InChI is InChI=1S/C18H20O5/c1-4-5-12-8-14(22-3)10-16(20)17(12)18(21)23-15-7-11(2)6-13(19)9-15/h6-10,19-20H,4-5H2,1-3H3. The van der Waals surface area contributed by atoms with E-state index in [1.807, 2.05) is 6.92 Å². The quantitative estimate of drug-likeness (QED) is 0.651. The molecule has 0 saturated heterocycles. The van der Waals surface area contributed by atoms with Gasteiger partial charge in [0.1, 0.15) is 28.6 Å². The van der Waals surface area contributed by atoms with E-state index in [1.165, 1.54) is 19.2 Å². The predicted octanol–water partition coefficient (Wildman–Crippen LogP) is 3.59. The van der Waals surface area contributed by atoms with E-state index in [0.29, 0.717) is 17.7 Å². The molecule has 0 aromatic heterocycles. The molecule has 0 atom stereocenters. The molecule has 5 heteroatoms. The highest BCUT2D eigenvalue weighted by molar-refractivity contribution is 5.96. The van der Waals surface area contributed by atoms with E-state index in [-0.39, 0.29) is 22.8 Å². The molecule has 0 heterocycles. The van der Waals surface area contributed by atoms with Crippen LogP contribution < -0.4 is 9.47 Å². The molecule has 2 rings (SSSR count). The van der Waals surface area contributed by atoms with E-state index >= 15 is 0 Å². The van der Waals surface area contributed by atoms with Gasteiger partial charge >= 0.3 is 5.97 Å². The Morgan fingerprint density at radius 3 is 2.43 bits per heavy atom. The van der Waals surface area contributed by atoms with Crippen molar-refractivity contribution in [1.82, 2.24) is 0 Å². The molecule has 2 aromatic rings. The Morgan fingerprint density at radius 1 is 1.09 bits per heavy atom. The van der Waals surface area contributed by atoms with Crippen LogP contribution in [0.1, 0.15) is 34.8 Å². The minimum atomic E-state index is -0.668. The normalized spacial score (nSPS) is 10.4. The summed E-state index contributed by atoms with van der Waals surface area (Å²) in [4.78, 5) is 12.4. The van der Waals surface area contributed by atoms with Crippen molar-refractivity contribution in [3.8, 4) is 23.0 Å². The Balaban J connectivity index is 2.37. The average molecular weight is 316 g/mol. The third-order valence-corrected chi connectivity index (χ3v) is 3.38. The molecule has 2 N–H and O–H groups in total. The second-order valence-corrected chi connectivity index (χ2v) is 5.32. The summed E-state index contributed by atoms with van der Waals surface area (Å²) < 4.78 is 10.4. The van der Waals surface area contributed by atoms with Crippen LogP contribution in [0.25, 0.3) is 0 Å². The highest BCUT2D eigenvalue weighted by Gasteiger charge is 2.20. The van der Waals surface area contributed by atoms with Gasteiger partial charge in [-0.05, 0) is 42.7 Å². The second-order valence-electron chi connectivity index (χ2n) is 5.32. The van der Waals surface area contributed by atoms with Gasteiger partial charge in [-0.3, -0.25) is 0 Å². The van der Waals surface area contributed by atoms with E-state index in [4.69, 9.17) is 9.47 Å². The van der Waals surface area contributed by atoms with Gasteiger partial charge in [0, 0.05) is 12.1 Å². The van der Waals surface area contributed by atoms with Crippen molar-refractivity contribution < 1.29 is 24.5 Å². The van der Waals surface area contributed by atoms with Crippen LogP contribution in [-0.2, 0) is 6.42 Å². The third-order valence-electron chi connectivity index (χ3n) is 3.38. The molecule has 23 heavy (non-hydrogen) atoms. The van der Waals surface area contributed by atoms with E-state index < -0.39 is 5.97 Å². The zero-order chi connectivity index (χ0) is 17.0. The van der Waals surface area contributed by atoms with Gasteiger partial charge in [-0.25, -0.2) is 4.79 Å². The summed E-state index contributed by atoms with van der Waals surface area (Å²) in [6.45, 7) is 3.76. The molecule has 5 nitrogen and oxygen atoms in total. The number of phenols is 2. The molecule has 0 saturated carbocycles. The van der Waals surface area contributed by atoms with Crippen molar-refractivity contribution in [3.63, 3.8) is 0 Å². The number of esters is 1. The zero-order valence-corrected chi connectivity index (χ0v) is 13.4. The summed E-state index contributed by atoms with van der Waals surface area (Å²) >= 11 is 0. The lowest BCUT2D eigenvalue weighted by Crippen LogP contribution is -2.12.